The number of carbonyl (C=O) groups excluding carboxylic acids is 2. The average Bonchev–Trinajstić information content (AvgIpc) is 2.70. The Morgan fingerprint density at radius 3 is 2.75 bits per heavy atom. The summed E-state index contributed by atoms with van der Waals surface area (Å²) in [4.78, 5) is 23.1. The highest BCUT2D eigenvalue weighted by atomic mass is 16.5. The van der Waals surface area contributed by atoms with Crippen LogP contribution in [0.1, 0.15) is 40.9 Å². The van der Waals surface area contributed by atoms with E-state index < -0.39 is 11.9 Å². The lowest BCUT2D eigenvalue weighted by Gasteiger charge is -2.29. The topological polar surface area (TPSA) is 57.5 Å². The summed E-state index contributed by atoms with van der Waals surface area (Å²) in [7, 11) is 1.32. The first kappa shape index (κ1) is 10.7. The first-order valence-corrected chi connectivity index (χ1v) is 5.06. The highest BCUT2D eigenvalue weighted by Crippen LogP contribution is 2.27. The monoisotopic (exact) mass is 223 g/mol. The predicted octanol–water partition coefficient (Wildman–Crippen LogP) is 1.39. The molecule has 16 heavy (non-hydrogen) atoms. The molecule has 2 heterocycles. The van der Waals surface area contributed by atoms with E-state index in [2.05, 4.69) is 4.74 Å². The molecule has 0 amide bonds. The van der Waals surface area contributed by atoms with Gasteiger partial charge < -0.3 is 14.0 Å². The van der Waals surface area contributed by atoms with Crippen molar-refractivity contribution in [2.45, 2.75) is 26.0 Å². The van der Waals surface area contributed by atoms with Crippen LogP contribution in [0.5, 0.6) is 0 Å². The van der Waals surface area contributed by atoms with E-state index in [0.29, 0.717) is 11.4 Å². The fourth-order valence-corrected chi connectivity index (χ4v) is 1.86. The van der Waals surface area contributed by atoms with Crippen molar-refractivity contribution in [3.8, 4) is 0 Å². The Balaban J connectivity index is 2.54. The van der Waals surface area contributed by atoms with Gasteiger partial charge in [-0.05, 0) is 26.0 Å². The summed E-state index contributed by atoms with van der Waals surface area (Å²) in [5, 5.41) is 0. The van der Waals surface area contributed by atoms with Crippen LogP contribution in [-0.2, 0) is 9.47 Å². The molecule has 0 radical (unpaired) electrons. The van der Waals surface area contributed by atoms with Crippen LogP contribution in [0.15, 0.2) is 12.1 Å². The van der Waals surface area contributed by atoms with Gasteiger partial charge >= 0.3 is 11.9 Å². The predicted molar refractivity (Wildman–Crippen MR) is 55.4 cm³/mol. The number of esters is 2. The number of fused-ring (bicyclic) bond motifs is 1. The Kier molecular flexibility index (Phi) is 2.46. The van der Waals surface area contributed by atoms with E-state index in [-0.39, 0.29) is 12.1 Å². The van der Waals surface area contributed by atoms with E-state index in [1.165, 1.54) is 7.11 Å². The van der Waals surface area contributed by atoms with Gasteiger partial charge in [0.1, 0.15) is 17.5 Å². The summed E-state index contributed by atoms with van der Waals surface area (Å²) in [6.07, 6.45) is -0.254. The van der Waals surface area contributed by atoms with Crippen LogP contribution in [0.25, 0.3) is 0 Å². The summed E-state index contributed by atoms with van der Waals surface area (Å²) < 4.78 is 11.5. The Hall–Kier alpha value is -1.78. The molecule has 0 N–H and O–H groups in total. The smallest absolute Gasteiger partial charge is 0.355 e. The summed E-state index contributed by atoms with van der Waals surface area (Å²) in [6.45, 7) is 3.69. The molecule has 0 saturated heterocycles. The molecular weight excluding hydrogens is 210 g/mol. The van der Waals surface area contributed by atoms with Gasteiger partial charge in [-0.25, -0.2) is 9.59 Å². The second-order valence-corrected chi connectivity index (χ2v) is 3.82. The van der Waals surface area contributed by atoms with Gasteiger partial charge in [0.15, 0.2) is 0 Å². The van der Waals surface area contributed by atoms with E-state index in [1.807, 2.05) is 6.92 Å². The van der Waals surface area contributed by atoms with Crippen molar-refractivity contribution in [1.82, 2.24) is 4.57 Å². The quantitative estimate of drug-likeness (QED) is 0.675. The summed E-state index contributed by atoms with van der Waals surface area (Å²) in [5.74, 6) is -0.847. The van der Waals surface area contributed by atoms with Crippen molar-refractivity contribution in [3.05, 3.63) is 23.5 Å². The molecule has 0 fully saturated rings. The van der Waals surface area contributed by atoms with E-state index in [9.17, 15) is 9.59 Å². The lowest BCUT2D eigenvalue weighted by Crippen LogP contribution is -2.34. The minimum absolute atomic E-state index is 0.0724. The zero-order chi connectivity index (χ0) is 11.9. The molecule has 0 aliphatic carbocycles. The van der Waals surface area contributed by atoms with E-state index in [0.717, 1.165) is 0 Å². The Bertz CT molecular complexity index is 449. The van der Waals surface area contributed by atoms with E-state index >= 15 is 0 Å². The van der Waals surface area contributed by atoms with Gasteiger partial charge in [0.25, 0.3) is 0 Å². The highest BCUT2D eigenvalue weighted by molar-refractivity contribution is 5.94. The van der Waals surface area contributed by atoms with Gasteiger partial charge in [-0.1, -0.05) is 0 Å². The normalized spacial score (nSPS) is 23.6. The fourth-order valence-electron chi connectivity index (χ4n) is 1.86. The number of rotatable bonds is 1. The second-order valence-electron chi connectivity index (χ2n) is 3.82. The number of hydrogen-bond donors (Lipinski definition) is 0. The van der Waals surface area contributed by atoms with Gasteiger partial charge in [-0.2, -0.15) is 0 Å². The molecule has 0 bridgehead atoms. The second kappa shape index (κ2) is 3.66. The fraction of sp³-hybridized carbons (Fsp3) is 0.455. The number of nitrogens with zero attached hydrogens (tertiary/aromatic N) is 1. The van der Waals surface area contributed by atoms with Gasteiger partial charge in [-0.3, -0.25) is 0 Å². The minimum atomic E-state index is -0.444. The first-order valence-electron chi connectivity index (χ1n) is 5.06. The molecule has 1 aliphatic rings. The summed E-state index contributed by atoms with van der Waals surface area (Å²) in [5.41, 5.74) is 0.777. The molecule has 5 heteroatoms. The third kappa shape index (κ3) is 1.39. The first-order chi connectivity index (χ1) is 7.56. The van der Waals surface area contributed by atoms with Crippen molar-refractivity contribution >= 4 is 11.9 Å². The lowest BCUT2D eigenvalue weighted by molar-refractivity contribution is 0.0107. The molecule has 1 aromatic heterocycles. The van der Waals surface area contributed by atoms with Gasteiger partial charge in [0, 0.05) is 0 Å². The van der Waals surface area contributed by atoms with Crippen LogP contribution >= 0.6 is 0 Å². The number of hydrogen-bond acceptors (Lipinski definition) is 4. The summed E-state index contributed by atoms with van der Waals surface area (Å²) in [6, 6.07) is 3.09. The van der Waals surface area contributed by atoms with Crippen molar-refractivity contribution in [2.75, 3.05) is 7.11 Å². The zero-order valence-electron chi connectivity index (χ0n) is 9.39. The highest BCUT2D eigenvalue weighted by Gasteiger charge is 2.33. The molecule has 0 aromatic carbocycles. The van der Waals surface area contributed by atoms with E-state index in [1.54, 1.807) is 23.6 Å². The summed E-state index contributed by atoms with van der Waals surface area (Å²) >= 11 is 0. The SMILES string of the molecule is COC(=O)c1ccc2n1[C@@H](C)[C@H](C)OC2=O. The molecule has 0 saturated carbocycles. The molecule has 1 aliphatic heterocycles. The number of ether oxygens (including phenoxy) is 2. The minimum Gasteiger partial charge on any atom is -0.464 e. The van der Waals surface area contributed by atoms with Gasteiger partial charge in [-0.15, -0.1) is 0 Å². The maximum atomic E-state index is 11.6. The van der Waals surface area contributed by atoms with Crippen LogP contribution in [0.3, 0.4) is 0 Å². The zero-order valence-corrected chi connectivity index (χ0v) is 9.39. The van der Waals surface area contributed by atoms with Crippen molar-refractivity contribution in [2.24, 2.45) is 0 Å². The maximum absolute atomic E-state index is 11.6. The Labute approximate surface area is 92.9 Å². The standard InChI is InChI=1S/C11H13NO4/c1-6-7(2)16-11(14)9-5-4-8(12(6)9)10(13)15-3/h4-7H,1-3H3/t6-,7-/m0/s1. The molecule has 5 nitrogen and oxygen atoms in total. The number of methoxy groups -OCH3 is 1. The van der Waals surface area contributed by atoms with Crippen molar-refractivity contribution in [1.29, 1.82) is 0 Å². The van der Waals surface area contributed by atoms with Crippen LogP contribution in [-0.4, -0.2) is 29.7 Å². The van der Waals surface area contributed by atoms with Crippen LogP contribution < -0.4 is 0 Å². The Morgan fingerprint density at radius 2 is 2.12 bits per heavy atom. The van der Waals surface area contributed by atoms with Gasteiger partial charge in [0.2, 0.25) is 0 Å². The van der Waals surface area contributed by atoms with Gasteiger partial charge in [0.05, 0.1) is 13.2 Å². The molecule has 2 atom stereocenters. The molecule has 0 unspecified atom stereocenters. The molecule has 0 spiro atoms. The van der Waals surface area contributed by atoms with E-state index in [4.69, 9.17) is 4.74 Å². The van der Waals surface area contributed by atoms with Crippen LogP contribution in [0, 0.1) is 0 Å². The Morgan fingerprint density at radius 1 is 1.44 bits per heavy atom. The lowest BCUT2D eigenvalue weighted by atomic mass is 10.1. The largest absolute Gasteiger partial charge is 0.464 e. The third-order valence-electron chi connectivity index (χ3n) is 2.90. The maximum Gasteiger partial charge on any atom is 0.355 e. The molecular formula is C11H13NO4. The van der Waals surface area contributed by atoms with Crippen LogP contribution in [0.4, 0.5) is 0 Å². The van der Waals surface area contributed by atoms with Crippen molar-refractivity contribution in [3.63, 3.8) is 0 Å². The number of cyclic esters (lactones) is 1. The number of carbonyl (C=O) groups is 2. The molecule has 86 valence electrons. The van der Waals surface area contributed by atoms with Crippen LogP contribution in [0.2, 0.25) is 0 Å². The molecule has 2 rings (SSSR count). The average molecular weight is 223 g/mol. The van der Waals surface area contributed by atoms with Crippen molar-refractivity contribution < 1.29 is 19.1 Å². The number of aromatic nitrogens is 1. The third-order valence-corrected chi connectivity index (χ3v) is 2.90. The molecule has 1 aromatic rings.